The predicted octanol–water partition coefficient (Wildman–Crippen LogP) is 5.32. The Hall–Kier alpha value is -1.31. The molecule has 4 aliphatic carbocycles. The van der Waals surface area contributed by atoms with Crippen LogP contribution < -0.4 is 0 Å². The first-order chi connectivity index (χ1) is 11.5. The quantitative estimate of drug-likeness (QED) is 0.700. The number of carbonyl (C=O) groups is 1. The predicted molar refractivity (Wildman–Crippen MR) is 95.3 cm³/mol. The van der Waals surface area contributed by atoms with E-state index in [1.165, 1.54) is 37.7 Å². The first-order valence-electron chi connectivity index (χ1n) is 9.74. The summed E-state index contributed by atoms with van der Waals surface area (Å²) in [6.45, 7) is 6.11. The van der Waals surface area contributed by atoms with E-state index in [1.807, 2.05) is 13.8 Å². The van der Waals surface area contributed by atoms with E-state index in [9.17, 15) is 4.79 Å². The lowest BCUT2D eigenvalue weighted by molar-refractivity contribution is -0.222. The maximum absolute atomic E-state index is 13.0. The third kappa shape index (κ3) is 2.33. The van der Waals surface area contributed by atoms with Crippen molar-refractivity contribution < 1.29 is 9.53 Å². The van der Waals surface area contributed by atoms with Gasteiger partial charge in [0.25, 0.3) is 0 Å². The summed E-state index contributed by atoms with van der Waals surface area (Å²) in [6.07, 6.45) is 7.18. The highest BCUT2D eigenvalue weighted by Gasteiger charge is 2.60. The zero-order chi connectivity index (χ0) is 16.9. The van der Waals surface area contributed by atoms with Crippen molar-refractivity contribution in [2.45, 2.75) is 64.9 Å². The van der Waals surface area contributed by atoms with Crippen LogP contribution in [0.25, 0.3) is 0 Å². The highest BCUT2D eigenvalue weighted by molar-refractivity contribution is 5.76. The van der Waals surface area contributed by atoms with Crippen molar-refractivity contribution in [3.8, 4) is 0 Å². The van der Waals surface area contributed by atoms with Gasteiger partial charge in [-0.05, 0) is 69.8 Å². The topological polar surface area (TPSA) is 26.3 Å². The summed E-state index contributed by atoms with van der Waals surface area (Å²) in [6, 6.07) is 10.6. The Balaban J connectivity index is 1.76. The van der Waals surface area contributed by atoms with Crippen LogP contribution in [-0.2, 0) is 15.1 Å². The van der Waals surface area contributed by atoms with E-state index in [-0.39, 0.29) is 11.6 Å². The van der Waals surface area contributed by atoms with Crippen LogP contribution in [0.15, 0.2) is 30.3 Å². The lowest BCUT2D eigenvalue weighted by Crippen LogP contribution is -2.58. The van der Waals surface area contributed by atoms with Crippen molar-refractivity contribution in [1.82, 2.24) is 0 Å². The fraction of sp³-hybridized carbons (Fsp3) is 0.682. The van der Waals surface area contributed by atoms with Crippen LogP contribution in [0, 0.1) is 29.1 Å². The Bertz CT molecular complexity index is 588. The number of esters is 1. The van der Waals surface area contributed by atoms with Gasteiger partial charge >= 0.3 is 5.97 Å². The molecule has 4 bridgehead atoms. The highest BCUT2D eigenvalue weighted by Crippen LogP contribution is 2.63. The van der Waals surface area contributed by atoms with Gasteiger partial charge in [-0.25, -0.2) is 0 Å². The van der Waals surface area contributed by atoms with Crippen LogP contribution in [-0.4, -0.2) is 5.97 Å². The maximum atomic E-state index is 13.0. The fourth-order valence-electron chi connectivity index (χ4n) is 5.72. The first kappa shape index (κ1) is 16.2. The minimum atomic E-state index is -0.406. The minimum Gasteiger partial charge on any atom is -0.453 e. The number of hydrogen-bond donors (Lipinski definition) is 0. The van der Waals surface area contributed by atoms with Gasteiger partial charge in [0, 0.05) is 11.8 Å². The summed E-state index contributed by atoms with van der Waals surface area (Å²) in [5, 5.41) is 0. The molecule has 0 saturated heterocycles. The molecule has 2 heteroatoms. The minimum absolute atomic E-state index is 0.0127. The number of ether oxygens (including phenoxy) is 1. The smallest absolute Gasteiger partial charge is 0.312 e. The molecule has 1 aromatic carbocycles. The number of carbonyl (C=O) groups excluding carboxylic acids is 1. The molecule has 130 valence electrons. The average Bonchev–Trinajstić information content (AvgIpc) is 2.58. The molecule has 0 spiro atoms. The first-order valence-corrected chi connectivity index (χ1v) is 9.74. The summed E-state index contributed by atoms with van der Waals surface area (Å²) in [4.78, 5) is 13.0. The highest BCUT2D eigenvalue weighted by atomic mass is 16.6. The summed E-state index contributed by atoms with van der Waals surface area (Å²) < 4.78 is 6.52. The van der Waals surface area contributed by atoms with Gasteiger partial charge in [-0.1, -0.05) is 37.3 Å². The molecule has 2 nitrogen and oxygen atoms in total. The van der Waals surface area contributed by atoms with Crippen LogP contribution in [0.3, 0.4) is 0 Å². The molecule has 0 aromatic heterocycles. The second-order valence-electron chi connectivity index (χ2n) is 9.09. The van der Waals surface area contributed by atoms with Gasteiger partial charge in [-0.3, -0.25) is 4.79 Å². The molecular weight excluding hydrogens is 296 g/mol. The van der Waals surface area contributed by atoms with Gasteiger partial charge in [-0.15, -0.1) is 0 Å². The van der Waals surface area contributed by atoms with E-state index in [4.69, 9.17) is 4.74 Å². The van der Waals surface area contributed by atoms with E-state index in [1.54, 1.807) is 0 Å². The summed E-state index contributed by atoms with van der Waals surface area (Å²) >= 11 is 0. The molecule has 24 heavy (non-hydrogen) atoms. The molecule has 0 aliphatic heterocycles. The van der Waals surface area contributed by atoms with Gasteiger partial charge in [0.2, 0.25) is 0 Å². The standard InChI is InChI=1S/C22H30O2/c1-4-21(2,3)20(23)24-22(17-8-6-5-7-9-17)18-11-15-10-16(13-18)14-19(22)12-15/h5-9,15-16,18-19H,4,10-14H2,1-3H3. The maximum Gasteiger partial charge on any atom is 0.312 e. The van der Waals surface area contributed by atoms with Crippen molar-refractivity contribution in [2.75, 3.05) is 0 Å². The molecule has 0 radical (unpaired) electrons. The Morgan fingerprint density at radius 1 is 1.04 bits per heavy atom. The zero-order valence-corrected chi connectivity index (χ0v) is 15.3. The molecule has 1 aromatic rings. The van der Waals surface area contributed by atoms with Gasteiger partial charge < -0.3 is 4.74 Å². The van der Waals surface area contributed by atoms with Crippen molar-refractivity contribution >= 4 is 5.97 Å². The Morgan fingerprint density at radius 3 is 2.08 bits per heavy atom. The zero-order valence-electron chi connectivity index (χ0n) is 15.3. The molecule has 4 saturated carbocycles. The third-order valence-electron chi connectivity index (χ3n) is 7.27. The Labute approximate surface area is 146 Å². The van der Waals surface area contributed by atoms with Crippen LogP contribution in [0.5, 0.6) is 0 Å². The summed E-state index contributed by atoms with van der Waals surface area (Å²) in [7, 11) is 0. The lowest BCUT2D eigenvalue weighted by Gasteiger charge is -2.60. The van der Waals surface area contributed by atoms with Crippen molar-refractivity contribution in [3.63, 3.8) is 0 Å². The van der Waals surface area contributed by atoms with Gasteiger partial charge in [0.05, 0.1) is 5.41 Å². The molecule has 0 heterocycles. The monoisotopic (exact) mass is 326 g/mol. The normalized spacial score (nSPS) is 37.5. The summed E-state index contributed by atoms with van der Waals surface area (Å²) in [5.74, 6) is 2.73. The van der Waals surface area contributed by atoms with Crippen LogP contribution in [0.2, 0.25) is 0 Å². The Morgan fingerprint density at radius 2 is 1.58 bits per heavy atom. The SMILES string of the molecule is CCC(C)(C)C(=O)OC1(c2ccccc2)C2CC3CC(C2)CC1C3. The molecule has 4 aliphatic rings. The van der Waals surface area contributed by atoms with E-state index < -0.39 is 5.41 Å². The molecule has 0 amide bonds. The largest absolute Gasteiger partial charge is 0.453 e. The second kappa shape index (κ2) is 5.61. The van der Waals surface area contributed by atoms with Gasteiger partial charge in [-0.2, -0.15) is 0 Å². The third-order valence-corrected chi connectivity index (χ3v) is 7.27. The van der Waals surface area contributed by atoms with Gasteiger partial charge in [0.15, 0.2) is 0 Å². The average molecular weight is 326 g/mol. The number of benzene rings is 1. The number of rotatable bonds is 4. The van der Waals surface area contributed by atoms with Gasteiger partial charge in [0.1, 0.15) is 5.60 Å². The van der Waals surface area contributed by atoms with Crippen LogP contribution in [0.1, 0.15) is 64.9 Å². The Kier molecular flexibility index (Phi) is 3.78. The van der Waals surface area contributed by atoms with E-state index in [0.717, 1.165) is 18.3 Å². The summed E-state index contributed by atoms with van der Waals surface area (Å²) in [5.41, 5.74) is 0.452. The van der Waals surface area contributed by atoms with Crippen LogP contribution in [0.4, 0.5) is 0 Å². The molecule has 0 atom stereocenters. The molecule has 4 fully saturated rings. The van der Waals surface area contributed by atoms with E-state index >= 15 is 0 Å². The number of hydrogen-bond acceptors (Lipinski definition) is 2. The molecular formula is C22H30O2. The van der Waals surface area contributed by atoms with Crippen molar-refractivity contribution in [2.24, 2.45) is 29.1 Å². The van der Waals surface area contributed by atoms with E-state index in [0.29, 0.717) is 11.8 Å². The molecule has 0 unspecified atom stereocenters. The lowest BCUT2D eigenvalue weighted by atomic mass is 9.48. The van der Waals surface area contributed by atoms with Crippen molar-refractivity contribution in [3.05, 3.63) is 35.9 Å². The second-order valence-corrected chi connectivity index (χ2v) is 9.09. The molecule has 0 N–H and O–H groups in total. The molecule has 5 rings (SSSR count). The fourth-order valence-corrected chi connectivity index (χ4v) is 5.72. The van der Waals surface area contributed by atoms with Crippen LogP contribution >= 0.6 is 0 Å². The van der Waals surface area contributed by atoms with Crippen molar-refractivity contribution in [1.29, 1.82) is 0 Å². The van der Waals surface area contributed by atoms with E-state index in [2.05, 4.69) is 37.3 Å².